The Hall–Kier alpha value is -1.88. The average molecular weight is 275 g/mol. The Labute approximate surface area is 118 Å². The Morgan fingerprint density at radius 2 is 2.15 bits per heavy atom. The Morgan fingerprint density at radius 3 is 2.75 bits per heavy atom. The highest BCUT2D eigenvalue weighted by molar-refractivity contribution is 5.76. The standard InChI is InChI=1S/C15H21N3O2/c1-4-9-18(10-14(19)20)11(2)15-16-12-7-5-6-8-13(12)17(15)3/h5-8,11H,4,9-10H2,1-3H3,(H,19,20). The quantitative estimate of drug-likeness (QED) is 0.879. The number of carbonyl (C=O) groups is 1. The number of carboxylic acid groups (broad SMARTS) is 1. The lowest BCUT2D eigenvalue weighted by Gasteiger charge is -2.26. The molecule has 1 heterocycles. The Bertz CT molecular complexity index is 606. The van der Waals surface area contributed by atoms with Crippen LogP contribution in [0.1, 0.15) is 32.1 Å². The number of aliphatic carboxylic acids is 1. The zero-order chi connectivity index (χ0) is 14.7. The van der Waals surface area contributed by atoms with Crippen LogP contribution in [0.2, 0.25) is 0 Å². The van der Waals surface area contributed by atoms with Gasteiger partial charge in [0.15, 0.2) is 0 Å². The molecule has 5 heteroatoms. The molecule has 0 radical (unpaired) electrons. The molecule has 0 aliphatic heterocycles. The van der Waals surface area contributed by atoms with Crippen molar-refractivity contribution in [2.24, 2.45) is 7.05 Å². The molecular formula is C15H21N3O2. The highest BCUT2D eigenvalue weighted by atomic mass is 16.4. The van der Waals surface area contributed by atoms with Gasteiger partial charge in [0, 0.05) is 7.05 Å². The van der Waals surface area contributed by atoms with E-state index in [1.54, 1.807) is 0 Å². The van der Waals surface area contributed by atoms with Crippen molar-refractivity contribution >= 4 is 17.0 Å². The molecule has 0 aliphatic rings. The molecule has 1 N–H and O–H groups in total. The van der Waals surface area contributed by atoms with Crippen LogP contribution in [0.3, 0.4) is 0 Å². The number of fused-ring (bicyclic) bond motifs is 1. The summed E-state index contributed by atoms with van der Waals surface area (Å²) in [5, 5.41) is 9.05. The predicted molar refractivity (Wildman–Crippen MR) is 78.6 cm³/mol. The molecule has 0 saturated heterocycles. The zero-order valence-corrected chi connectivity index (χ0v) is 12.2. The molecular weight excluding hydrogens is 254 g/mol. The molecule has 1 aromatic carbocycles. The molecule has 5 nitrogen and oxygen atoms in total. The summed E-state index contributed by atoms with van der Waals surface area (Å²) in [5.74, 6) is 0.102. The second-order valence-electron chi connectivity index (χ2n) is 5.06. The van der Waals surface area contributed by atoms with Crippen LogP contribution in [0.15, 0.2) is 24.3 Å². The predicted octanol–water partition coefficient (Wildman–Crippen LogP) is 2.43. The van der Waals surface area contributed by atoms with Gasteiger partial charge >= 0.3 is 5.97 Å². The van der Waals surface area contributed by atoms with E-state index in [9.17, 15) is 4.79 Å². The van der Waals surface area contributed by atoms with Gasteiger partial charge in [-0.2, -0.15) is 0 Å². The Balaban J connectivity index is 2.35. The van der Waals surface area contributed by atoms with Gasteiger partial charge in [-0.25, -0.2) is 4.98 Å². The van der Waals surface area contributed by atoms with Gasteiger partial charge in [-0.05, 0) is 32.0 Å². The first-order chi connectivity index (χ1) is 9.54. The highest BCUT2D eigenvalue weighted by Gasteiger charge is 2.22. The van der Waals surface area contributed by atoms with Crippen LogP contribution in [-0.2, 0) is 11.8 Å². The van der Waals surface area contributed by atoms with Crippen LogP contribution < -0.4 is 0 Å². The number of nitrogens with zero attached hydrogens (tertiary/aromatic N) is 3. The molecule has 1 atom stereocenters. The molecule has 0 bridgehead atoms. The van der Waals surface area contributed by atoms with E-state index in [2.05, 4.69) is 11.9 Å². The molecule has 2 rings (SSSR count). The first-order valence-electron chi connectivity index (χ1n) is 6.91. The number of imidazole rings is 1. The molecule has 0 amide bonds. The SMILES string of the molecule is CCCN(CC(=O)O)C(C)c1nc2ccccc2n1C. The van der Waals surface area contributed by atoms with Gasteiger partial charge in [-0.1, -0.05) is 19.1 Å². The second kappa shape index (κ2) is 6.05. The zero-order valence-electron chi connectivity index (χ0n) is 12.2. The lowest BCUT2D eigenvalue weighted by atomic mass is 10.2. The fourth-order valence-corrected chi connectivity index (χ4v) is 2.57. The maximum Gasteiger partial charge on any atom is 0.317 e. The summed E-state index contributed by atoms with van der Waals surface area (Å²) in [7, 11) is 1.98. The fraction of sp³-hybridized carbons (Fsp3) is 0.467. The topological polar surface area (TPSA) is 58.4 Å². The number of aryl methyl sites for hydroxylation is 1. The number of rotatable bonds is 6. The molecule has 2 aromatic rings. The smallest absolute Gasteiger partial charge is 0.317 e. The minimum atomic E-state index is -0.802. The van der Waals surface area contributed by atoms with Crippen molar-refractivity contribution < 1.29 is 9.90 Å². The molecule has 0 fully saturated rings. The van der Waals surface area contributed by atoms with Crippen molar-refractivity contribution in [3.63, 3.8) is 0 Å². The highest BCUT2D eigenvalue weighted by Crippen LogP contribution is 2.23. The van der Waals surface area contributed by atoms with Crippen LogP contribution in [0.4, 0.5) is 0 Å². The molecule has 0 saturated carbocycles. The van der Waals surface area contributed by atoms with E-state index in [1.165, 1.54) is 0 Å². The van der Waals surface area contributed by atoms with Gasteiger partial charge in [-0.3, -0.25) is 9.69 Å². The summed E-state index contributed by atoms with van der Waals surface area (Å²) < 4.78 is 2.05. The first kappa shape index (κ1) is 14.5. The van der Waals surface area contributed by atoms with Crippen molar-refractivity contribution in [2.45, 2.75) is 26.3 Å². The lowest BCUT2D eigenvalue weighted by Crippen LogP contribution is -2.34. The third kappa shape index (κ3) is 2.82. The number of aromatic nitrogens is 2. The van der Waals surface area contributed by atoms with Gasteiger partial charge < -0.3 is 9.67 Å². The number of para-hydroxylation sites is 2. The third-order valence-electron chi connectivity index (χ3n) is 3.59. The van der Waals surface area contributed by atoms with Crippen molar-refractivity contribution in [3.8, 4) is 0 Å². The van der Waals surface area contributed by atoms with Gasteiger partial charge in [-0.15, -0.1) is 0 Å². The van der Waals surface area contributed by atoms with Crippen LogP contribution >= 0.6 is 0 Å². The summed E-state index contributed by atoms with van der Waals surface area (Å²) in [5.41, 5.74) is 2.02. The lowest BCUT2D eigenvalue weighted by molar-refractivity contribution is -0.138. The van der Waals surface area contributed by atoms with Crippen LogP contribution in [0, 0.1) is 0 Å². The van der Waals surface area contributed by atoms with Gasteiger partial charge in [0.2, 0.25) is 0 Å². The van der Waals surface area contributed by atoms with Crippen LogP contribution in [-0.4, -0.2) is 38.6 Å². The molecule has 1 aromatic heterocycles. The van der Waals surface area contributed by atoms with E-state index in [0.717, 1.165) is 29.8 Å². The third-order valence-corrected chi connectivity index (χ3v) is 3.59. The van der Waals surface area contributed by atoms with Crippen LogP contribution in [0.5, 0.6) is 0 Å². The molecule has 0 aliphatic carbocycles. The molecule has 108 valence electrons. The van der Waals surface area contributed by atoms with E-state index >= 15 is 0 Å². The Kier molecular flexibility index (Phi) is 4.39. The van der Waals surface area contributed by atoms with E-state index in [-0.39, 0.29) is 12.6 Å². The Morgan fingerprint density at radius 1 is 1.45 bits per heavy atom. The fourth-order valence-electron chi connectivity index (χ4n) is 2.57. The molecule has 1 unspecified atom stereocenters. The van der Waals surface area contributed by atoms with Crippen molar-refractivity contribution in [1.29, 1.82) is 0 Å². The van der Waals surface area contributed by atoms with E-state index in [0.29, 0.717) is 0 Å². The minimum absolute atomic E-state index is 0.0246. The maximum absolute atomic E-state index is 11.0. The van der Waals surface area contributed by atoms with Crippen molar-refractivity contribution in [2.75, 3.05) is 13.1 Å². The van der Waals surface area contributed by atoms with Crippen molar-refractivity contribution in [3.05, 3.63) is 30.1 Å². The number of hydrogen-bond acceptors (Lipinski definition) is 3. The summed E-state index contributed by atoms with van der Waals surface area (Å²) in [6, 6.07) is 7.93. The first-order valence-corrected chi connectivity index (χ1v) is 6.91. The van der Waals surface area contributed by atoms with E-state index in [4.69, 9.17) is 5.11 Å². The summed E-state index contributed by atoms with van der Waals surface area (Å²) in [4.78, 5) is 17.6. The largest absolute Gasteiger partial charge is 0.480 e. The van der Waals surface area contributed by atoms with Gasteiger partial charge in [0.1, 0.15) is 5.82 Å². The number of hydrogen-bond donors (Lipinski definition) is 1. The second-order valence-corrected chi connectivity index (χ2v) is 5.06. The van der Waals surface area contributed by atoms with E-state index < -0.39 is 5.97 Å². The summed E-state index contributed by atoms with van der Waals surface area (Å²) in [6.45, 7) is 4.85. The van der Waals surface area contributed by atoms with Crippen LogP contribution in [0.25, 0.3) is 11.0 Å². The van der Waals surface area contributed by atoms with Crippen molar-refractivity contribution in [1.82, 2.24) is 14.5 Å². The number of benzene rings is 1. The average Bonchev–Trinajstić information content (AvgIpc) is 2.75. The van der Waals surface area contributed by atoms with Gasteiger partial charge in [0.05, 0.1) is 23.6 Å². The van der Waals surface area contributed by atoms with Gasteiger partial charge in [0.25, 0.3) is 0 Å². The normalized spacial score (nSPS) is 13.0. The minimum Gasteiger partial charge on any atom is -0.480 e. The summed E-state index contributed by atoms with van der Waals surface area (Å²) >= 11 is 0. The van der Waals surface area contributed by atoms with E-state index in [1.807, 2.05) is 47.7 Å². The number of carboxylic acids is 1. The summed E-state index contributed by atoms with van der Waals surface area (Å²) in [6.07, 6.45) is 0.918. The molecule has 0 spiro atoms. The monoisotopic (exact) mass is 275 g/mol. The maximum atomic E-state index is 11.0. The molecule has 20 heavy (non-hydrogen) atoms.